The third kappa shape index (κ3) is 6.32. The number of likely N-dealkylation sites (tertiary alicyclic amines) is 1. The van der Waals surface area contributed by atoms with Gasteiger partial charge in [0, 0.05) is 19.3 Å². The fourth-order valence-corrected chi connectivity index (χ4v) is 4.30. The third-order valence-electron chi connectivity index (χ3n) is 6.48. The van der Waals surface area contributed by atoms with E-state index in [-0.39, 0.29) is 5.91 Å². The van der Waals surface area contributed by atoms with Crippen molar-refractivity contribution in [3.8, 4) is 23.3 Å². The molecular formula is C28H37N5O2. The monoisotopic (exact) mass is 475 g/mol. The van der Waals surface area contributed by atoms with Crippen LogP contribution in [0.2, 0.25) is 0 Å². The number of amides is 1. The fourth-order valence-electron chi connectivity index (χ4n) is 4.30. The van der Waals surface area contributed by atoms with Crippen LogP contribution < -0.4 is 0 Å². The molecule has 186 valence electrons. The minimum atomic E-state index is 0.0547. The van der Waals surface area contributed by atoms with Gasteiger partial charge in [0.1, 0.15) is 17.0 Å². The molecule has 1 aliphatic heterocycles. The maximum absolute atomic E-state index is 13.6. The largest absolute Gasteiger partial charge is 0.442 e. The Balaban J connectivity index is 1.67. The predicted molar refractivity (Wildman–Crippen MR) is 138 cm³/mol. The highest BCUT2D eigenvalue weighted by atomic mass is 16.3. The summed E-state index contributed by atoms with van der Waals surface area (Å²) in [6, 6.07) is 3.76. The van der Waals surface area contributed by atoms with Crippen LogP contribution in [0.15, 0.2) is 35.3 Å². The molecule has 4 rings (SSSR count). The first kappa shape index (κ1) is 25.0. The van der Waals surface area contributed by atoms with E-state index in [2.05, 4.69) is 49.4 Å². The summed E-state index contributed by atoms with van der Waals surface area (Å²) in [5.41, 5.74) is 2.75. The number of carbonyl (C=O) groups is 1. The Morgan fingerprint density at radius 1 is 1.11 bits per heavy atom. The van der Waals surface area contributed by atoms with Crippen LogP contribution in [-0.2, 0) is 0 Å². The van der Waals surface area contributed by atoms with Gasteiger partial charge in [0.15, 0.2) is 12.2 Å². The average molecular weight is 476 g/mol. The van der Waals surface area contributed by atoms with Crippen LogP contribution in [-0.4, -0.2) is 62.8 Å². The predicted octanol–water partition coefficient (Wildman–Crippen LogP) is 4.97. The number of pyridine rings is 1. The molecule has 35 heavy (non-hydrogen) atoms. The van der Waals surface area contributed by atoms with Gasteiger partial charge in [-0.3, -0.25) is 14.1 Å². The van der Waals surface area contributed by atoms with E-state index in [1.54, 1.807) is 6.20 Å². The number of aromatic nitrogens is 3. The molecule has 0 saturated carbocycles. The average Bonchev–Trinajstić information content (AvgIpc) is 3.59. The number of carbonyl (C=O) groups excluding carboxylic acids is 1. The van der Waals surface area contributed by atoms with E-state index in [4.69, 9.17) is 9.40 Å². The number of rotatable bonds is 9. The van der Waals surface area contributed by atoms with Gasteiger partial charge >= 0.3 is 0 Å². The highest BCUT2D eigenvalue weighted by molar-refractivity contribution is 5.94. The zero-order valence-corrected chi connectivity index (χ0v) is 21.5. The number of hydrogen-bond donors (Lipinski definition) is 0. The van der Waals surface area contributed by atoms with Crippen molar-refractivity contribution in [1.82, 2.24) is 24.2 Å². The molecule has 0 aromatic carbocycles. The lowest BCUT2D eigenvalue weighted by Crippen LogP contribution is -2.34. The van der Waals surface area contributed by atoms with Gasteiger partial charge in [0.25, 0.3) is 5.91 Å². The highest BCUT2D eigenvalue weighted by Crippen LogP contribution is 2.24. The summed E-state index contributed by atoms with van der Waals surface area (Å²) in [5, 5.41) is 0. The topological polar surface area (TPSA) is 66.9 Å². The maximum atomic E-state index is 13.6. The van der Waals surface area contributed by atoms with Gasteiger partial charge in [-0.25, -0.2) is 9.97 Å². The molecule has 0 unspecified atom stereocenters. The van der Waals surface area contributed by atoms with Crippen molar-refractivity contribution in [3.05, 3.63) is 42.2 Å². The van der Waals surface area contributed by atoms with Crippen LogP contribution in [0.5, 0.6) is 0 Å². The molecule has 7 nitrogen and oxygen atoms in total. The molecule has 0 aliphatic carbocycles. The quantitative estimate of drug-likeness (QED) is 0.409. The highest BCUT2D eigenvalue weighted by Gasteiger charge is 2.20. The zero-order chi connectivity index (χ0) is 24.8. The Morgan fingerprint density at radius 3 is 2.46 bits per heavy atom. The molecule has 1 saturated heterocycles. The van der Waals surface area contributed by atoms with E-state index >= 15 is 0 Å². The summed E-state index contributed by atoms with van der Waals surface area (Å²) in [6.07, 6.45) is 9.37. The zero-order valence-electron chi connectivity index (χ0n) is 21.5. The third-order valence-corrected chi connectivity index (χ3v) is 6.48. The Morgan fingerprint density at radius 2 is 1.83 bits per heavy atom. The Bertz CT molecular complexity index is 1170. The molecule has 0 bridgehead atoms. The molecule has 0 atom stereocenters. The Hall–Kier alpha value is -3.11. The van der Waals surface area contributed by atoms with Crippen molar-refractivity contribution in [1.29, 1.82) is 0 Å². The van der Waals surface area contributed by atoms with E-state index in [9.17, 15) is 4.79 Å². The van der Waals surface area contributed by atoms with Gasteiger partial charge in [-0.2, -0.15) is 0 Å². The van der Waals surface area contributed by atoms with Gasteiger partial charge in [-0.1, -0.05) is 33.6 Å². The van der Waals surface area contributed by atoms with E-state index < -0.39 is 0 Å². The first-order valence-corrected chi connectivity index (χ1v) is 12.8. The van der Waals surface area contributed by atoms with Crippen molar-refractivity contribution < 1.29 is 9.21 Å². The number of oxazole rings is 1. The number of nitrogens with zero attached hydrogens (tertiary/aromatic N) is 5. The number of fused-ring (bicyclic) bond motifs is 1. The minimum Gasteiger partial charge on any atom is -0.442 e. The van der Waals surface area contributed by atoms with Crippen LogP contribution in [0.1, 0.15) is 69.4 Å². The summed E-state index contributed by atoms with van der Waals surface area (Å²) in [4.78, 5) is 26.7. The normalized spacial score (nSPS) is 14.1. The molecule has 0 spiro atoms. The molecule has 4 heterocycles. The van der Waals surface area contributed by atoms with Gasteiger partial charge in [0.05, 0.1) is 18.3 Å². The summed E-state index contributed by atoms with van der Waals surface area (Å²) in [7, 11) is 0. The molecule has 1 aliphatic rings. The molecule has 1 amide bonds. The first-order chi connectivity index (χ1) is 16.9. The van der Waals surface area contributed by atoms with Gasteiger partial charge < -0.3 is 9.32 Å². The molecule has 3 aromatic rings. The molecule has 7 heteroatoms. The van der Waals surface area contributed by atoms with Gasteiger partial charge in [-0.15, -0.1) is 0 Å². The summed E-state index contributed by atoms with van der Waals surface area (Å²) < 4.78 is 7.48. The standard InChI is InChI=1S/C28H37N5O2/c1-21(2)11-16-32(17-12-22(3)4)28(34)23-9-10-26-30-27(25-18-29-20-35-25)24(33(26)19-23)8-7-15-31-13-5-6-14-31/h9-10,18-22H,5-6,11-17H2,1-4H3. The lowest BCUT2D eigenvalue weighted by Gasteiger charge is -2.24. The summed E-state index contributed by atoms with van der Waals surface area (Å²) in [5.74, 6) is 8.36. The second-order valence-corrected chi connectivity index (χ2v) is 10.3. The van der Waals surface area contributed by atoms with E-state index in [1.807, 2.05) is 27.6 Å². The number of imidazole rings is 1. The lowest BCUT2D eigenvalue weighted by atomic mass is 10.1. The summed E-state index contributed by atoms with van der Waals surface area (Å²) >= 11 is 0. The summed E-state index contributed by atoms with van der Waals surface area (Å²) in [6.45, 7) is 13.2. The van der Waals surface area contributed by atoms with E-state index in [0.717, 1.165) is 56.9 Å². The Labute approximate surface area is 208 Å². The molecule has 1 fully saturated rings. The fraction of sp³-hybridized carbons (Fsp3) is 0.536. The first-order valence-electron chi connectivity index (χ1n) is 12.8. The van der Waals surface area contributed by atoms with Gasteiger partial charge in [-0.05, 0) is 68.7 Å². The molecular weight excluding hydrogens is 438 g/mol. The van der Waals surface area contributed by atoms with Crippen molar-refractivity contribution in [2.24, 2.45) is 11.8 Å². The van der Waals surface area contributed by atoms with E-state index in [0.29, 0.717) is 28.9 Å². The van der Waals surface area contributed by atoms with Crippen molar-refractivity contribution in [3.63, 3.8) is 0 Å². The van der Waals surface area contributed by atoms with Crippen LogP contribution in [0.3, 0.4) is 0 Å². The second kappa shape index (κ2) is 11.5. The van der Waals surface area contributed by atoms with Crippen molar-refractivity contribution in [2.75, 3.05) is 32.7 Å². The smallest absolute Gasteiger partial charge is 0.255 e. The maximum Gasteiger partial charge on any atom is 0.255 e. The van der Waals surface area contributed by atoms with Crippen LogP contribution in [0, 0.1) is 23.7 Å². The van der Waals surface area contributed by atoms with Crippen molar-refractivity contribution >= 4 is 11.6 Å². The van der Waals surface area contributed by atoms with Crippen LogP contribution in [0.25, 0.3) is 17.1 Å². The van der Waals surface area contributed by atoms with E-state index in [1.165, 1.54) is 19.2 Å². The Kier molecular flexibility index (Phi) is 8.25. The van der Waals surface area contributed by atoms with Crippen molar-refractivity contribution in [2.45, 2.75) is 53.4 Å². The molecule has 0 N–H and O–H groups in total. The second-order valence-electron chi connectivity index (χ2n) is 10.3. The van der Waals surface area contributed by atoms with Crippen LogP contribution >= 0.6 is 0 Å². The number of hydrogen-bond acceptors (Lipinski definition) is 5. The molecule has 0 radical (unpaired) electrons. The van der Waals surface area contributed by atoms with Crippen LogP contribution in [0.4, 0.5) is 0 Å². The minimum absolute atomic E-state index is 0.0547. The SMILES string of the molecule is CC(C)CCN(CCC(C)C)C(=O)c1ccc2nc(-c3cnco3)c(C#CCN3CCCC3)n2c1. The lowest BCUT2D eigenvalue weighted by molar-refractivity contribution is 0.0740. The van der Waals surface area contributed by atoms with Gasteiger partial charge in [0.2, 0.25) is 0 Å². The molecule has 3 aromatic heterocycles.